The lowest BCUT2D eigenvalue weighted by Crippen LogP contribution is -2.39. The Bertz CT molecular complexity index is 484. The van der Waals surface area contributed by atoms with Crippen LogP contribution in [0.5, 0.6) is 0 Å². The van der Waals surface area contributed by atoms with Crippen LogP contribution in [0.1, 0.15) is 38.2 Å². The van der Waals surface area contributed by atoms with Crippen molar-refractivity contribution in [1.82, 2.24) is 15.1 Å². The zero-order valence-corrected chi connectivity index (χ0v) is 11.7. The molecule has 6 heteroatoms. The molecule has 6 nitrogen and oxygen atoms in total. The van der Waals surface area contributed by atoms with Gasteiger partial charge in [0, 0.05) is 24.8 Å². The molecule has 1 aliphatic rings. The van der Waals surface area contributed by atoms with Crippen LogP contribution in [0, 0.1) is 11.8 Å². The predicted octanol–water partition coefficient (Wildman–Crippen LogP) is 1.41. The van der Waals surface area contributed by atoms with Crippen molar-refractivity contribution < 1.29 is 14.7 Å². The molecule has 1 heterocycles. The monoisotopic (exact) mass is 279 g/mol. The van der Waals surface area contributed by atoms with Crippen LogP contribution in [0.3, 0.4) is 0 Å². The van der Waals surface area contributed by atoms with Gasteiger partial charge in [-0.3, -0.25) is 14.3 Å². The Balaban J connectivity index is 1.91. The van der Waals surface area contributed by atoms with Gasteiger partial charge in [0.25, 0.3) is 0 Å². The second-order valence-corrected chi connectivity index (χ2v) is 5.26. The number of carbonyl (C=O) groups is 2. The summed E-state index contributed by atoms with van der Waals surface area (Å²) in [7, 11) is 0. The van der Waals surface area contributed by atoms with E-state index in [1.54, 1.807) is 10.9 Å². The zero-order chi connectivity index (χ0) is 14.5. The van der Waals surface area contributed by atoms with Crippen LogP contribution < -0.4 is 5.32 Å². The van der Waals surface area contributed by atoms with Crippen molar-refractivity contribution in [1.29, 1.82) is 0 Å². The number of carboxylic acid groups (broad SMARTS) is 1. The molecule has 1 aromatic heterocycles. The number of hydrogen-bond acceptors (Lipinski definition) is 3. The third-order valence-electron chi connectivity index (χ3n) is 3.90. The van der Waals surface area contributed by atoms with Crippen LogP contribution in [0.15, 0.2) is 12.4 Å². The number of aromatic nitrogens is 2. The molecule has 20 heavy (non-hydrogen) atoms. The highest BCUT2D eigenvalue weighted by Gasteiger charge is 2.35. The zero-order valence-electron chi connectivity index (χ0n) is 11.7. The molecule has 0 aromatic carbocycles. The molecule has 1 fully saturated rings. The molecule has 0 radical (unpaired) electrons. The molecule has 2 N–H and O–H groups in total. The van der Waals surface area contributed by atoms with E-state index in [1.165, 1.54) is 0 Å². The van der Waals surface area contributed by atoms with Crippen molar-refractivity contribution in [3.05, 3.63) is 18.0 Å². The van der Waals surface area contributed by atoms with Crippen molar-refractivity contribution in [2.75, 3.05) is 0 Å². The number of aliphatic carboxylic acids is 1. The second kappa shape index (κ2) is 6.54. The van der Waals surface area contributed by atoms with Gasteiger partial charge in [0.2, 0.25) is 5.91 Å². The highest BCUT2D eigenvalue weighted by molar-refractivity contribution is 5.84. The van der Waals surface area contributed by atoms with Crippen LogP contribution in [0.25, 0.3) is 0 Å². The van der Waals surface area contributed by atoms with Gasteiger partial charge >= 0.3 is 5.97 Å². The lowest BCUT2D eigenvalue weighted by Gasteiger charge is -2.27. The molecule has 0 spiro atoms. The molecule has 1 aliphatic carbocycles. The van der Waals surface area contributed by atoms with Crippen molar-refractivity contribution in [3.63, 3.8) is 0 Å². The molecule has 110 valence electrons. The lowest BCUT2D eigenvalue weighted by atomic mass is 9.78. The number of hydrogen-bond donors (Lipinski definition) is 2. The van der Waals surface area contributed by atoms with Gasteiger partial charge in [0.15, 0.2) is 0 Å². The number of nitrogens with zero attached hydrogens (tertiary/aromatic N) is 2. The van der Waals surface area contributed by atoms with E-state index in [9.17, 15) is 14.7 Å². The molecule has 0 unspecified atom stereocenters. The van der Waals surface area contributed by atoms with E-state index in [4.69, 9.17) is 0 Å². The van der Waals surface area contributed by atoms with Crippen LogP contribution in [-0.4, -0.2) is 26.8 Å². The summed E-state index contributed by atoms with van der Waals surface area (Å²) in [6.07, 6.45) is 6.69. The van der Waals surface area contributed by atoms with Crippen LogP contribution in [0.4, 0.5) is 0 Å². The van der Waals surface area contributed by atoms with Gasteiger partial charge < -0.3 is 10.4 Å². The maximum Gasteiger partial charge on any atom is 0.307 e. The number of nitrogens with one attached hydrogen (secondary N) is 1. The van der Waals surface area contributed by atoms with Gasteiger partial charge in [-0.2, -0.15) is 5.10 Å². The number of carbonyl (C=O) groups excluding carboxylic acids is 1. The van der Waals surface area contributed by atoms with E-state index >= 15 is 0 Å². The van der Waals surface area contributed by atoms with E-state index in [1.807, 2.05) is 13.1 Å². The van der Waals surface area contributed by atoms with Crippen LogP contribution in [0.2, 0.25) is 0 Å². The van der Waals surface area contributed by atoms with Gasteiger partial charge in [0.1, 0.15) is 0 Å². The van der Waals surface area contributed by atoms with Crippen molar-refractivity contribution in [3.8, 4) is 0 Å². The number of aryl methyl sites for hydroxylation is 1. The summed E-state index contributed by atoms with van der Waals surface area (Å²) < 4.78 is 1.79. The van der Waals surface area contributed by atoms with E-state index in [2.05, 4.69) is 10.4 Å². The van der Waals surface area contributed by atoms with Gasteiger partial charge in [-0.25, -0.2) is 0 Å². The van der Waals surface area contributed by atoms with Gasteiger partial charge in [-0.1, -0.05) is 12.8 Å². The number of carboxylic acids is 1. The number of rotatable bonds is 5. The van der Waals surface area contributed by atoms with Gasteiger partial charge in [-0.05, 0) is 19.8 Å². The van der Waals surface area contributed by atoms with Crippen molar-refractivity contribution in [2.45, 2.75) is 45.7 Å². The Labute approximate surface area is 118 Å². The van der Waals surface area contributed by atoms with Crippen molar-refractivity contribution in [2.24, 2.45) is 11.8 Å². The summed E-state index contributed by atoms with van der Waals surface area (Å²) in [5.41, 5.74) is 0.933. The number of amides is 1. The highest BCUT2D eigenvalue weighted by atomic mass is 16.4. The first-order chi connectivity index (χ1) is 9.61. The minimum absolute atomic E-state index is 0.152. The summed E-state index contributed by atoms with van der Waals surface area (Å²) >= 11 is 0. The predicted molar refractivity (Wildman–Crippen MR) is 72.8 cm³/mol. The minimum atomic E-state index is -0.858. The van der Waals surface area contributed by atoms with Gasteiger partial charge in [-0.15, -0.1) is 0 Å². The summed E-state index contributed by atoms with van der Waals surface area (Å²) in [6, 6.07) is 0. The Kier molecular flexibility index (Phi) is 4.76. The molecular weight excluding hydrogens is 258 g/mol. The SMILES string of the molecule is CCn1cc(CNC(=O)[C@H]2CCCC[C@@H]2C(=O)O)cn1. The molecule has 1 aromatic rings. The van der Waals surface area contributed by atoms with E-state index in [0.717, 1.165) is 24.9 Å². The molecular formula is C14H21N3O3. The largest absolute Gasteiger partial charge is 0.481 e. The molecule has 2 rings (SSSR count). The van der Waals surface area contributed by atoms with E-state index < -0.39 is 17.8 Å². The first-order valence-corrected chi connectivity index (χ1v) is 7.13. The Morgan fingerprint density at radius 2 is 2.10 bits per heavy atom. The normalized spacial score (nSPS) is 22.4. The fraction of sp³-hybridized carbons (Fsp3) is 0.643. The summed E-state index contributed by atoms with van der Waals surface area (Å²) in [6.45, 7) is 3.19. The topological polar surface area (TPSA) is 84.2 Å². The van der Waals surface area contributed by atoms with Gasteiger partial charge in [0.05, 0.1) is 18.0 Å². The van der Waals surface area contributed by atoms with Crippen LogP contribution in [-0.2, 0) is 22.7 Å². The van der Waals surface area contributed by atoms with Crippen molar-refractivity contribution >= 4 is 11.9 Å². The Morgan fingerprint density at radius 3 is 2.70 bits per heavy atom. The minimum Gasteiger partial charge on any atom is -0.481 e. The second-order valence-electron chi connectivity index (χ2n) is 5.26. The molecule has 2 atom stereocenters. The molecule has 0 bridgehead atoms. The maximum absolute atomic E-state index is 12.2. The van der Waals surface area contributed by atoms with E-state index in [0.29, 0.717) is 19.4 Å². The smallest absolute Gasteiger partial charge is 0.307 e. The standard InChI is InChI=1S/C14H21N3O3/c1-2-17-9-10(8-16-17)7-15-13(18)11-5-3-4-6-12(11)14(19)20/h8-9,11-12H,2-7H2,1H3,(H,15,18)(H,19,20)/t11-,12-/m0/s1. The molecule has 1 amide bonds. The summed E-state index contributed by atoms with van der Waals surface area (Å²) in [5, 5.41) is 16.2. The Morgan fingerprint density at radius 1 is 1.40 bits per heavy atom. The molecule has 0 aliphatic heterocycles. The first kappa shape index (κ1) is 14.6. The fourth-order valence-corrected chi connectivity index (χ4v) is 2.73. The Hall–Kier alpha value is -1.85. The molecule has 1 saturated carbocycles. The fourth-order valence-electron chi connectivity index (χ4n) is 2.73. The highest BCUT2D eigenvalue weighted by Crippen LogP contribution is 2.30. The quantitative estimate of drug-likeness (QED) is 0.853. The average Bonchev–Trinajstić information content (AvgIpc) is 2.92. The summed E-state index contributed by atoms with van der Waals surface area (Å²) in [4.78, 5) is 23.4. The molecule has 0 saturated heterocycles. The summed E-state index contributed by atoms with van der Waals surface area (Å²) in [5.74, 6) is -1.95. The maximum atomic E-state index is 12.2. The lowest BCUT2D eigenvalue weighted by molar-refractivity contribution is -0.148. The third-order valence-corrected chi connectivity index (χ3v) is 3.90. The van der Waals surface area contributed by atoms with E-state index in [-0.39, 0.29) is 5.91 Å². The third kappa shape index (κ3) is 3.37. The average molecular weight is 279 g/mol. The first-order valence-electron chi connectivity index (χ1n) is 7.13. The van der Waals surface area contributed by atoms with Crippen LogP contribution >= 0.6 is 0 Å².